The van der Waals surface area contributed by atoms with Crippen molar-refractivity contribution in [3.05, 3.63) is 36.9 Å². The van der Waals surface area contributed by atoms with Gasteiger partial charge in [0.1, 0.15) is 0 Å². The van der Waals surface area contributed by atoms with Crippen molar-refractivity contribution in [3.8, 4) is 0 Å². The summed E-state index contributed by atoms with van der Waals surface area (Å²) >= 11 is 0. The molecule has 0 saturated carbocycles. The fraction of sp³-hybridized carbons (Fsp3) is 0.333. The van der Waals surface area contributed by atoms with Crippen molar-refractivity contribution < 1.29 is 9.42 Å². The van der Waals surface area contributed by atoms with Gasteiger partial charge in [-0.1, -0.05) is 16.8 Å². The summed E-state index contributed by atoms with van der Waals surface area (Å²) in [5.74, 6) is 0.829. The largest absolute Gasteiger partial charge is 0.691 e. The van der Waals surface area contributed by atoms with Crippen molar-refractivity contribution in [2.45, 2.75) is 0 Å². The monoisotopic (exact) mass is 249 g/mol. The molecule has 0 aliphatic rings. The quantitative estimate of drug-likeness (QED) is 0.220. The summed E-state index contributed by atoms with van der Waals surface area (Å²) in [7, 11) is 7.67. The van der Waals surface area contributed by atoms with Crippen LogP contribution in [0.4, 0.5) is 0 Å². The Morgan fingerprint density at radius 1 is 1.33 bits per heavy atom. The Bertz CT molecular complexity index is 581. The predicted molar refractivity (Wildman–Crippen MR) is 71.3 cm³/mol. The van der Waals surface area contributed by atoms with Crippen LogP contribution in [0, 0.1) is 12.6 Å². The van der Waals surface area contributed by atoms with E-state index in [1.54, 1.807) is 10.7 Å². The van der Waals surface area contributed by atoms with Crippen LogP contribution in [-0.2, 0) is 0 Å². The van der Waals surface area contributed by atoms with Crippen molar-refractivity contribution in [1.29, 1.82) is 0 Å². The van der Waals surface area contributed by atoms with Crippen molar-refractivity contribution in [3.63, 3.8) is 0 Å². The van der Waals surface area contributed by atoms with Crippen molar-refractivity contribution in [2.75, 3.05) is 28.2 Å². The first kappa shape index (κ1) is 14.0. The molecule has 0 aliphatic carbocycles. The molecule has 0 N–H and O–H groups in total. The number of fused-ring (bicyclic) bond motifs is 1. The summed E-state index contributed by atoms with van der Waals surface area (Å²) in [6.45, 7) is 0. The maximum Gasteiger partial charge on any atom is 0.382 e. The zero-order valence-electron chi connectivity index (χ0n) is 11.5. The lowest BCUT2D eigenvalue weighted by Gasteiger charge is -2.09. The van der Waals surface area contributed by atoms with Crippen LogP contribution < -0.4 is 4.85 Å². The summed E-state index contributed by atoms with van der Waals surface area (Å²) < 4.78 is 3.56. The number of hydrogen-bond donors (Lipinski definition) is 0. The van der Waals surface area contributed by atoms with E-state index in [1.807, 2.05) is 55.9 Å². The second-order valence-corrected chi connectivity index (χ2v) is 4.25. The second-order valence-electron chi connectivity index (χ2n) is 4.25. The molecule has 0 bridgehead atoms. The number of benzene rings is 1. The molecule has 1 heterocycles. The molecule has 1 aromatic carbocycles. The Balaban J connectivity index is 0.00000162. The van der Waals surface area contributed by atoms with Crippen LogP contribution in [0.2, 0.25) is 0 Å². The summed E-state index contributed by atoms with van der Waals surface area (Å²) in [6.07, 6.45) is 0. The van der Waals surface area contributed by atoms with Gasteiger partial charge in [0.05, 0.1) is 33.4 Å². The molecule has 0 atom stereocenters. The Labute approximate surface area is 107 Å². The predicted octanol–water partition coefficient (Wildman–Crippen LogP) is 0.158. The van der Waals surface area contributed by atoms with Gasteiger partial charge in [-0.25, -0.2) is 0 Å². The molecule has 2 rings (SSSR count). The van der Waals surface area contributed by atoms with Gasteiger partial charge in [0, 0.05) is 0 Å². The van der Waals surface area contributed by atoms with E-state index in [9.17, 15) is 5.21 Å². The third kappa shape index (κ3) is 2.13. The van der Waals surface area contributed by atoms with Crippen LogP contribution in [0.5, 0.6) is 0 Å². The van der Waals surface area contributed by atoms with Gasteiger partial charge in [0.25, 0.3) is 0 Å². The molecule has 0 fully saturated rings. The summed E-state index contributed by atoms with van der Waals surface area (Å²) in [5, 5.41) is 15.7. The van der Waals surface area contributed by atoms with Gasteiger partial charge in [0.2, 0.25) is 0 Å². The van der Waals surface area contributed by atoms with Gasteiger partial charge in [-0.15, -0.1) is 4.85 Å². The van der Waals surface area contributed by atoms with Gasteiger partial charge in [-0.3, -0.25) is 9.48 Å². The first-order chi connectivity index (χ1) is 8.02. The van der Waals surface area contributed by atoms with Crippen LogP contribution in [0.1, 0.15) is 0 Å². The summed E-state index contributed by atoms with van der Waals surface area (Å²) in [5.41, 5.74) is 1.36. The molecule has 0 saturated heterocycles. The lowest BCUT2D eigenvalue weighted by Crippen LogP contribution is -2.39. The zero-order chi connectivity index (χ0) is 12.6. The Morgan fingerprint density at radius 2 is 1.94 bits per heavy atom. The number of hydrogen-bond acceptors (Lipinski definition) is 2. The lowest BCUT2D eigenvalue weighted by molar-refractivity contribution is -0.645. The molecule has 0 amide bonds. The highest BCUT2D eigenvalue weighted by molar-refractivity contribution is 5.86. The topological polar surface area (TPSA) is 51.0 Å². The van der Waals surface area contributed by atoms with E-state index in [0.717, 1.165) is 11.5 Å². The highest BCUT2D eigenvalue weighted by Gasteiger charge is 2.22. The highest BCUT2D eigenvalue weighted by atomic mass is 16.5. The SMILES string of the molecule is CN(C)C(n1n[n+]([O-])c2ccccc21)=[N+](C)C.[CH3-]. The molecule has 98 valence electrons. The lowest BCUT2D eigenvalue weighted by atomic mass is 10.3. The third-order valence-corrected chi connectivity index (χ3v) is 2.48. The Morgan fingerprint density at radius 3 is 2.50 bits per heavy atom. The molecule has 6 nitrogen and oxygen atoms in total. The van der Waals surface area contributed by atoms with E-state index in [2.05, 4.69) is 5.21 Å². The van der Waals surface area contributed by atoms with Crippen LogP contribution in [0.15, 0.2) is 24.3 Å². The van der Waals surface area contributed by atoms with E-state index in [0.29, 0.717) is 10.4 Å². The molecule has 1 aromatic heterocycles. The fourth-order valence-electron chi connectivity index (χ4n) is 1.91. The molecule has 18 heavy (non-hydrogen) atoms. The molecular formula is C12H19N5O. The van der Waals surface area contributed by atoms with Crippen molar-refractivity contribution in [1.82, 2.24) is 14.8 Å². The number of aromatic nitrogens is 3. The van der Waals surface area contributed by atoms with E-state index >= 15 is 0 Å². The van der Waals surface area contributed by atoms with Gasteiger partial charge >= 0.3 is 5.96 Å². The van der Waals surface area contributed by atoms with Crippen LogP contribution in [0.25, 0.3) is 11.0 Å². The van der Waals surface area contributed by atoms with E-state index < -0.39 is 0 Å². The average molecular weight is 249 g/mol. The summed E-state index contributed by atoms with van der Waals surface area (Å²) in [6, 6.07) is 7.36. The molecule has 0 spiro atoms. The van der Waals surface area contributed by atoms with Gasteiger partial charge in [-0.2, -0.15) is 0 Å². The average Bonchev–Trinajstić information content (AvgIpc) is 2.56. The van der Waals surface area contributed by atoms with Gasteiger partial charge in [-0.05, 0) is 12.1 Å². The molecule has 0 aliphatic heterocycles. The van der Waals surface area contributed by atoms with Crippen molar-refractivity contribution in [2.24, 2.45) is 0 Å². The minimum atomic E-state index is 0. The second kappa shape index (κ2) is 5.03. The normalized spacial score (nSPS) is 10.0. The third-order valence-electron chi connectivity index (χ3n) is 2.48. The molecular weight excluding hydrogens is 230 g/mol. The Hall–Kier alpha value is -2.11. The van der Waals surface area contributed by atoms with Gasteiger partial charge in [0.15, 0.2) is 11.0 Å². The van der Waals surface area contributed by atoms with E-state index in [4.69, 9.17) is 0 Å². The van der Waals surface area contributed by atoms with Crippen molar-refractivity contribution >= 4 is 17.0 Å². The van der Waals surface area contributed by atoms with E-state index in [-0.39, 0.29) is 7.43 Å². The molecule has 0 radical (unpaired) electrons. The number of nitrogens with zero attached hydrogens (tertiary/aromatic N) is 5. The Kier molecular flexibility index (Phi) is 3.90. The zero-order valence-corrected chi connectivity index (χ0v) is 11.5. The fourth-order valence-corrected chi connectivity index (χ4v) is 1.91. The van der Waals surface area contributed by atoms with Gasteiger partial charge < -0.3 is 12.6 Å². The first-order valence-corrected chi connectivity index (χ1v) is 5.32. The maximum atomic E-state index is 11.7. The highest BCUT2D eigenvalue weighted by Crippen LogP contribution is 2.08. The number of rotatable bonds is 0. The smallest absolute Gasteiger partial charge is 0.382 e. The summed E-state index contributed by atoms with van der Waals surface area (Å²) in [4.78, 5) is 2.56. The van der Waals surface area contributed by atoms with Crippen LogP contribution in [-0.4, -0.2) is 53.5 Å². The van der Waals surface area contributed by atoms with E-state index in [1.165, 1.54) is 0 Å². The minimum Gasteiger partial charge on any atom is -0.691 e. The number of para-hydroxylation sites is 2. The van der Waals surface area contributed by atoms with Crippen LogP contribution in [0.3, 0.4) is 0 Å². The minimum absolute atomic E-state index is 0. The first-order valence-electron chi connectivity index (χ1n) is 5.32. The maximum absolute atomic E-state index is 11.7. The molecule has 0 unspecified atom stereocenters. The standard InChI is InChI=1S/C11H16N5O.CH3/c1-13(2)11(14(3)4)15-9-7-5-6-8-10(9)16(17)12-15;/h5-8H,1-4H3;1H3/q+1;-1. The molecule has 6 heteroatoms. The molecule has 2 aromatic rings. The van der Waals surface area contributed by atoms with Crippen LogP contribution >= 0.6 is 0 Å².